The molecule has 2 N–H and O–H groups in total. The van der Waals surface area contributed by atoms with E-state index in [2.05, 4.69) is 6.58 Å². The van der Waals surface area contributed by atoms with Gasteiger partial charge in [-0.2, -0.15) is 0 Å². The zero-order valence-corrected chi connectivity index (χ0v) is 9.89. The van der Waals surface area contributed by atoms with Crippen molar-refractivity contribution in [1.29, 1.82) is 0 Å². The molecule has 1 aromatic carbocycles. The van der Waals surface area contributed by atoms with E-state index in [0.29, 0.717) is 6.54 Å². The Morgan fingerprint density at radius 1 is 1.53 bits per heavy atom. The van der Waals surface area contributed by atoms with Gasteiger partial charge < -0.3 is 15.1 Å². The van der Waals surface area contributed by atoms with Crippen LogP contribution in [-0.2, 0) is 0 Å². The van der Waals surface area contributed by atoms with Gasteiger partial charge in [-0.25, -0.2) is 0 Å². The van der Waals surface area contributed by atoms with E-state index in [-0.39, 0.29) is 30.4 Å². The Labute approximate surface area is 101 Å². The number of phenolic OH excluding ortho intramolecular Hbond substituents is 1. The zero-order chi connectivity index (χ0) is 12.8. The van der Waals surface area contributed by atoms with E-state index >= 15 is 0 Å². The zero-order valence-electron chi connectivity index (χ0n) is 9.89. The molecule has 0 aromatic heterocycles. The van der Waals surface area contributed by atoms with E-state index in [0.717, 1.165) is 5.56 Å². The van der Waals surface area contributed by atoms with Crippen LogP contribution < -0.4 is 0 Å². The summed E-state index contributed by atoms with van der Waals surface area (Å²) in [5.74, 6) is -0.354. The molecule has 0 aliphatic carbocycles. The van der Waals surface area contributed by atoms with E-state index in [1.54, 1.807) is 18.2 Å². The number of rotatable bonds is 5. The Morgan fingerprint density at radius 3 is 2.82 bits per heavy atom. The lowest BCUT2D eigenvalue weighted by atomic mass is 10.1. The number of carbonyl (C=O) groups excluding carboxylic acids is 1. The smallest absolute Gasteiger partial charge is 0.257 e. The molecule has 1 rings (SSSR count). The third-order valence-corrected chi connectivity index (χ3v) is 2.39. The van der Waals surface area contributed by atoms with Crippen LogP contribution in [0.4, 0.5) is 0 Å². The van der Waals surface area contributed by atoms with Crippen molar-refractivity contribution in [1.82, 2.24) is 4.90 Å². The number of phenols is 1. The number of benzene rings is 1. The quantitative estimate of drug-likeness (QED) is 0.757. The summed E-state index contributed by atoms with van der Waals surface area (Å²) in [6.07, 6.45) is 1.58. The summed E-state index contributed by atoms with van der Waals surface area (Å²) < 4.78 is 0. The Morgan fingerprint density at radius 2 is 2.24 bits per heavy atom. The van der Waals surface area contributed by atoms with Crippen LogP contribution in [0.3, 0.4) is 0 Å². The lowest BCUT2D eigenvalue weighted by Crippen LogP contribution is -2.33. The van der Waals surface area contributed by atoms with Crippen LogP contribution in [0, 0.1) is 6.92 Å². The molecule has 1 aromatic rings. The average Bonchev–Trinajstić information content (AvgIpc) is 2.31. The van der Waals surface area contributed by atoms with Gasteiger partial charge in [0.2, 0.25) is 0 Å². The maximum absolute atomic E-state index is 12.1. The van der Waals surface area contributed by atoms with Crippen LogP contribution in [0.2, 0.25) is 0 Å². The summed E-state index contributed by atoms with van der Waals surface area (Å²) in [4.78, 5) is 13.5. The van der Waals surface area contributed by atoms with Crippen molar-refractivity contribution in [3.8, 4) is 5.75 Å². The van der Waals surface area contributed by atoms with Crippen molar-refractivity contribution >= 4 is 5.91 Å². The van der Waals surface area contributed by atoms with E-state index in [1.165, 1.54) is 11.0 Å². The second-order valence-electron chi connectivity index (χ2n) is 3.78. The van der Waals surface area contributed by atoms with Gasteiger partial charge in [-0.1, -0.05) is 17.7 Å². The molecule has 0 saturated heterocycles. The van der Waals surface area contributed by atoms with Gasteiger partial charge in [0, 0.05) is 13.1 Å². The largest absolute Gasteiger partial charge is 0.507 e. The summed E-state index contributed by atoms with van der Waals surface area (Å²) in [6.45, 7) is 5.85. The van der Waals surface area contributed by atoms with E-state index in [1.807, 2.05) is 6.92 Å². The first-order chi connectivity index (χ1) is 8.10. The first-order valence-corrected chi connectivity index (χ1v) is 5.40. The van der Waals surface area contributed by atoms with Crippen LogP contribution in [0.5, 0.6) is 5.75 Å². The predicted octanol–water partition coefficient (Wildman–Crippen LogP) is 1.32. The monoisotopic (exact) mass is 235 g/mol. The van der Waals surface area contributed by atoms with Gasteiger partial charge in [-0.3, -0.25) is 4.79 Å². The average molecular weight is 235 g/mol. The van der Waals surface area contributed by atoms with Crippen LogP contribution in [-0.4, -0.2) is 40.7 Å². The standard InChI is InChI=1S/C13H17NO3/c1-3-6-14(7-8-15)13(17)11-9-10(2)4-5-12(11)16/h3-5,9,15-16H,1,6-8H2,2H3. The Hall–Kier alpha value is -1.81. The molecule has 0 bridgehead atoms. The first kappa shape index (κ1) is 13.3. The van der Waals surface area contributed by atoms with Crippen molar-refractivity contribution in [2.75, 3.05) is 19.7 Å². The maximum atomic E-state index is 12.1. The van der Waals surface area contributed by atoms with Gasteiger partial charge in [0.05, 0.1) is 12.2 Å². The Balaban J connectivity index is 2.99. The molecule has 0 aliphatic heterocycles. The minimum atomic E-state index is -0.305. The molecule has 17 heavy (non-hydrogen) atoms. The van der Waals surface area contributed by atoms with Crippen molar-refractivity contribution < 1.29 is 15.0 Å². The highest BCUT2D eigenvalue weighted by molar-refractivity contribution is 5.97. The number of aliphatic hydroxyl groups is 1. The third kappa shape index (κ3) is 3.32. The molecule has 0 fully saturated rings. The number of hydrogen-bond acceptors (Lipinski definition) is 3. The molecule has 4 nitrogen and oxygen atoms in total. The van der Waals surface area contributed by atoms with E-state index < -0.39 is 0 Å². The molecule has 0 heterocycles. The molecule has 0 saturated carbocycles. The minimum Gasteiger partial charge on any atom is -0.507 e. The normalized spacial score (nSPS) is 10.0. The Bertz CT molecular complexity index is 415. The second kappa shape index (κ2) is 6.06. The number of carbonyl (C=O) groups is 1. The van der Waals surface area contributed by atoms with Crippen molar-refractivity contribution in [3.05, 3.63) is 42.0 Å². The lowest BCUT2D eigenvalue weighted by molar-refractivity contribution is 0.0739. The van der Waals surface area contributed by atoms with Crippen molar-refractivity contribution in [3.63, 3.8) is 0 Å². The van der Waals surface area contributed by atoms with Gasteiger partial charge >= 0.3 is 0 Å². The first-order valence-electron chi connectivity index (χ1n) is 5.40. The Kier molecular flexibility index (Phi) is 4.72. The van der Waals surface area contributed by atoms with Gasteiger partial charge in [0.25, 0.3) is 5.91 Å². The number of amides is 1. The minimum absolute atomic E-state index is 0.0485. The van der Waals surface area contributed by atoms with Crippen LogP contribution in [0.1, 0.15) is 15.9 Å². The highest BCUT2D eigenvalue weighted by Crippen LogP contribution is 2.20. The predicted molar refractivity (Wildman–Crippen MR) is 66.0 cm³/mol. The molecule has 0 spiro atoms. The lowest BCUT2D eigenvalue weighted by Gasteiger charge is -2.20. The maximum Gasteiger partial charge on any atom is 0.257 e. The molecule has 0 radical (unpaired) electrons. The molecular formula is C13H17NO3. The number of hydrogen-bond donors (Lipinski definition) is 2. The molecule has 0 atom stereocenters. The number of nitrogens with zero attached hydrogens (tertiary/aromatic N) is 1. The van der Waals surface area contributed by atoms with Crippen molar-refractivity contribution in [2.45, 2.75) is 6.92 Å². The van der Waals surface area contributed by atoms with E-state index in [9.17, 15) is 9.90 Å². The second-order valence-corrected chi connectivity index (χ2v) is 3.78. The summed E-state index contributed by atoms with van der Waals surface area (Å²) in [7, 11) is 0. The van der Waals surface area contributed by atoms with Crippen LogP contribution >= 0.6 is 0 Å². The third-order valence-electron chi connectivity index (χ3n) is 2.39. The summed E-state index contributed by atoms with van der Waals surface area (Å²) in [6, 6.07) is 4.86. The molecular weight excluding hydrogens is 218 g/mol. The number of aromatic hydroxyl groups is 1. The fourth-order valence-corrected chi connectivity index (χ4v) is 1.54. The van der Waals surface area contributed by atoms with Gasteiger partial charge in [0.15, 0.2) is 0 Å². The summed E-state index contributed by atoms with van der Waals surface area (Å²) >= 11 is 0. The molecule has 92 valence electrons. The van der Waals surface area contributed by atoms with Gasteiger partial charge in [-0.05, 0) is 19.1 Å². The summed E-state index contributed by atoms with van der Waals surface area (Å²) in [5.41, 5.74) is 1.15. The van der Waals surface area contributed by atoms with Crippen LogP contribution in [0.25, 0.3) is 0 Å². The highest BCUT2D eigenvalue weighted by atomic mass is 16.3. The van der Waals surface area contributed by atoms with Gasteiger partial charge in [-0.15, -0.1) is 6.58 Å². The van der Waals surface area contributed by atoms with Crippen molar-refractivity contribution in [2.24, 2.45) is 0 Å². The van der Waals surface area contributed by atoms with E-state index in [4.69, 9.17) is 5.11 Å². The fraction of sp³-hybridized carbons (Fsp3) is 0.308. The fourth-order valence-electron chi connectivity index (χ4n) is 1.54. The summed E-state index contributed by atoms with van der Waals surface area (Å²) in [5, 5.41) is 18.5. The molecule has 4 heteroatoms. The molecule has 0 unspecified atom stereocenters. The van der Waals surface area contributed by atoms with Crippen LogP contribution in [0.15, 0.2) is 30.9 Å². The molecule has 0 aliphatic rings. The topological polar surface area (TPSA) is 60.8 Å². The number of aryl methyl sites for hydroxylation is 1. The SMILES string of the molecule is C=CCN(CCO)C(=O)c1cc(C)ccc1O. The van der Waals surface area contributed by atoms with Gasteiger partial charge in [0.1, 0.15) is 5.75 Å². The molecule has 1 amide bonds. The highest BCUT2D eigenvalue weighted by Gasteiger charge is 2.17. The number of aliphatic hydroxyl groups excluding tert-OH is 1.